The third-order valence-electron chi connectivity index (χ3n) is 3.51. The van der Waals surface area contributed by atoms with Crippen LogP contribution in [0.3, 0.4) is 0 Å². The van der Waals surface area contributed by atoms with Gasteiger partial charge in [-0.2, -0.15) is 12.6 Å². The highest BCUT2D eigenvalue weighted by Crippen LogP contribution is 2.31. The summed E-state index contributed by atoms with van der Waals surface area (Å²) in [6.45, 7) is 6.05. The minimum Gasteiger partial charge on any atom is -0.496 e. The Hall–Kier alpha value is -1.68. The van der Waals surface area contributed by atoms with Crippen molar-refractivity contribution in [2.45, 2.75) is 32.6 Å². The molecule has 0 amide bonds. The summed E-state index contributed by atoms with van der Waals surface area (Å²) in [5, 5.41) is 0. The van der Waals surface area contributed by atoms with Crippen LogP contribution in [0.2, 0.25) is 0 Å². The number of benzene rings is 1. The van der Waals surface area contributed by atoms with Gasteiger partial charge in [-0.15, -0.1) is 0 Å². The molecular formula is C17H21NO2S. The average molecular weight is 303 g/mol. The molecule has 1 heterocycles. The Bertz CT molecular complexity index is 704. The molecule has 0 radical (unpaired) electrons. The van der Waals surface area contributed by atoms with Gasteiger partial charge in [-0.1, -0.05) is 17.7 Å². The van der Waals surface area contributed by atoms with Crippen LogP contribution in [0.25, 0.3) is 11.3 Å². The molecule has 0 saturated heterocycles. The van der Waals surface area contributed by atoms with E-state index in [1.807, 2.05) is 55.7 Å². The van der Waals surface area contributed by atoms with Crippen LogP contribution < -0.4 is 10.3 Å². The van der Waals surface area contributed by atoms with Crippen LogP contribution in [0.1, 0.15) is 31.0 Å². The number of nitrogens with zero attached hydrogens (tertiary/aromatic N) is 1. The molecule has 0 fully saturated rings. The van der Waals surface area contributed by atoms with E-state index in [1.165, 1.54) is 0 Å². The van der Waals surface area contributed by atoms with Gasteiger partial charge in [0.05, 0.1) is 12.8 Å². The van der Waals surface area contributed by atoms with Crippen LogP contribution in [0, 0.1) is 6.92 Å². The largest absolute Gasteiger partial charge is 0.496 e. The van der Waals surface area contributed by atoms with Crippen molar-refractivity contribution < 1.29 is 4.74 Å². The van der Waals surface area contributed by atoms with E-state index in [9.17, 15) is 4.79 Å². The summed E-state index contributed by atoms with van der Waals surface area (Å²) in [6, 6.07) is 9.88. The summed E-state index contributed by atoms with van der Waals surface area (Å²) in [7, 11) is 1.65. The maximum Gasteiger partial charge on any atom is 0.255 e. The van der Waals surface area contributed by atoms with E-state index in [4.69, 9.17) is 4.74 Å². The molecule has 1 aromatic carbocycles. The van der Waals surface area contributed by atoms with E-state index in [0.717, 1.165) is 22.6 Å². The van der Waals surface area contributed by atoms with Crippen LogP contribution >= 0.6 is 12.6 Å². The van der Waals surface area contributed by atoms with Crippen LogP contribution in [-0.4, -0.2) is 11.7 Å². The summed E-state index contributed by atoms with van der Waals surface area (Å²) in [5.74, 6) is 1.21. The van der Waals surface area contributed by atoms with E-state index in [1.54, 1.807) is 7.11 Å². The van der Waals surface area contributed by atoms with Gasteiger partial charge in [0, 0.05) is 22.9 Å². The SMILES string of the molecule is COc1ccc(C)cc1-c1ccc(CS)c(=O)n1C(C)C. The minimum atomic E-state index is 0.0149. The van der Waals surface area contributed by atoms with E-state index < -0.39 is 0 Å². The first-order chi connectivity index (χ1) is 9.99. The Morgan fingerprint density at radius 1 is 1.24 bits per heavy atom. The highest BCUT2D eigenvalue weighted by Gasteiger charge is 2.15. The highest BCUT2D eigenvalue weighted by molar-refractivity contribution is 7.79. The Morgan fingerprint density at radius 3 is 2.52 bits per heavy atom. The first kappa shape index (κ1) is 15.7. The maximum atomic E-state index is 12.6. The first-order valence-corrected chi connectivity index (χ1v) is 7.63. The van der Waals surface area contributed by atoms with Crippen molar-refractivity contribution in [1.82, 2.24) is 4.57 Å². The summed E-state index contributed by atoms with van der Waals surface area (Å²) in [5.41, 5.74) is 3.67. The third kappa shape index (κ3) is 3.00. The zero-order valence-corrected chi connectivity index (χ0v) is 13.8. The summed E-state index contributed by atoms with van der Waals surface area (Å²) >= 11 is 4.23. The molecule has 0 N–H and O–H groups in total. The van der Waals surface area contributed by atoms with Crippen molar-refractivity contribution >= 4 is 12.6 Å². The molecule has 0 spiro atoms. The fourth-order valence-corrected chi connectivity index (χ4v) is 2.71. The zero-order valence-electron chi connectivity index (χ0n) is 12.9. The summed E-state index contributed by atoms with van der Waals surface area (Å²) in [6.07, 6.45) is 0. The maximum absolute atomic E-state index is 12.6. The lowest BCUT2D eigenvalue weighted by atomic mass is 10.0. The Labute approximate surface area is 131 Å². The first-order valence-electron chi connectivity index (χ1n) is 7.00. The van der Waals surface area contributed by atoms with Gasteiger partial charge < -0.3 is 9.30 Å². The lowest BCUT2D eigenvalue weighted by Crippen LogP contribution is -2.26. The molecule has 2 aromatic rings. The fourth-order valence-electron chi connectivity index (χ4n) is 2.47. The van der Waals surface area contributed by atoms with Gasteiger partial charge in [0.2, 0.25) is 0 Å². The molecule has 21 heavy (non-hydrogen) atoms. The van der Waals surface area contributed by atoms with Crippen LogP contribution in [0.4, 0.5) is 0 Å². The second kappa shape index (κ2) is 6.39. The number of thiol groups is 1. The normalized spacial score (nSPS) is 11.0. The number of rotatable bonds is 4. The molecule has 0 unspecified atom stereocenters. The minimum absolute atomic E-state index is 0.0149. The molecule has 1 aromatic heterocycles. The highest BCUT2D eigenvalue weighted by atomic mass is 32.1. The zero-order chi connectivity index (χ0) is 15.6. The van der Waals surface area contributed by atoms with Gasteiger partial charge in [0.15, 0.2) is 0 Å². The number of ether oxygens (including phenoxy) is 1. The fraction of sp³-hybridized carbons (Fsp3) is 0.353. The van der Waals surface area contributed by atoms with Crippen molar-refractivity contribution in [2.75, 3.05) is 7.11 Å². The second-order valence-corrected chi connectivity index (χ2v) is 5.69. The van der Waals surface area contributed by atoms with Crippen molar-refractivity contribution in [1.29, 1.82) is 0 Å². The number of aryl methyl sites for hydroxylation is 1. The van der Waals surface area contributed by atoms with Crippen molar-refractivity contribution in [3.63, 3.8) is 0 Å². The Morgan fingerprint density at radius 2 is 1.95 bits per heavy atom. The van der Waals surface area contributed by atoms with Crippen LogP contribution in [-0.2, 0) is 5.75 Å². The summed E-state index contributed by atoms with van der Waals surface area (Å²) < 4.78 is 7.26. The molecule has 112 valence electrons. The van der Waals surface area contributed by atoms with Crippen molar-refractivity contribution in [2.24, 2.45) is 0 Å². The number of hydrogen-bond acceptors (Lipinski definition) is 3. The topological polar surface area (TPSA) is 31.2 Å². The Kier molecular flexibility index (Phi) is 4.78. The summed E-state index contributed by atoms with van der Waals surface area (Å²) in [4.78, 5) is 12.6. The third-order valence-corrected chi connectivity index (χ3v) is 3.85. The van der Waals surface area contributed by atoms with E-state index in [2.05, 4.69) is 12.6 Å². The van der Waals surface area contributed by atoms with Gasteiger partial charge >= 0.3 is 0 Å². The molecule has 0 saturated carbocycles. The standard InChI is InChI=1S/C17H21NO2S/c1-11(2)18-15(7-6-13(10-21)17(18)19)14-9-12(3)5-8-16(14)20-4/h5-9,11,21H,10H2,1-4H3. The lowest BCUT2D eigenvalue weighted by molar-refractivity contribution is 0.415. The van der Waals surface area contributed by atoms with E-state index in [0.29, 0.717) is 11.3 Å². The molecule has 2 rings (SSSR count). The molecule has 0 bridgehead atoms. The monoisotopic (exact) mass is 303 g/mol. The molecular weight excluding hydrogens is 282 g/mol. The second-order valence-electron chi connectivity index (χ2n) is 5.37. The molecule has 4 heteroatoms. The number of aromatic nitrogens is 1. The number of pyridine rings is 1. The van der Waals surface area contributed by atoms with Crippen molar-refractivity contribution in [3.05, 3.63) is 51.8 Å². The molecule has 3 nitrogen and oxygen atoms in total. The molecule has 0 atom stereocenters. The van der Waals surface area contributed by atoms with Gasteiger partial charge in [-0.3, -0.25) is 4.79 Å². The van der Waals surface area contributed by atoms with Gasteiger partial charge in [-0.05, 0) is 39.0 Å². The van der Waals surface area contributed by atoms with E-state index >= 15 is 0 Å². The predicted octanol–water partition coefficient (Wildman–Crippen LogP) is 3.84. The lowest BCUT2D eigenvalue weighted by Gasteiger charge is -2.19. The molecule has 0 aliphatic heterocycles. The Balaban J connectivity index is 2.78. The van der Waals surface area contributed by atoms with Gasteiger partial charge in [0.1, 0.15) is 5.75 Å². The van der Waals surface area contributed by atoms with Crippen LogP contribution in [0.15, 0.2) is 35.1 Å². The molecule has 0 aliphatic rings. The number of methoxy groups -OCH3 is 1. The molecule has 0 aliphatic carbocycles. The van der Waals surface area contributed by atoms with E-state index in [-0.39, 0.29) is 11.6 Å². The average Bonchev–Trinajstić information content (AvgIpc) is 2.46. The van der Waals surface area contributed by atoms with Gasteiger partial charge in [-0.25, -0.2) is 0 Å². The van der Waals surface area contributed by atoms with Gasteiger partial charge in [0.25, 0.3) is 5.56 Å². The predicted molar refractivity (Wildman–Crippen MR) is 90.5 cm³/mol. The number of hydrogen-bond donors (Lipinski definition) is 1. The smallest absolute Gasteiger partial charge is 0.255 e. The quantitative estimate of drug-likeness (QED) is 0.870. The van der Waals surface area contributed by atoms with Crippen molar-refractivity contribution in [3.8, 4) is 17.0 Å². The van der Waals surface area contributed by atoms with Crippen LogP contribution in [0.5, 0.6) is 5.75 Å².